The summed E-state index contributed by atoms with van der Waals surface area (Å²) in [4.78, 5) is 13.3. The Kier molecular flexibility index (Phi) is 7.14. The Hall–Kier alpha value is -1.70. The van der Waals surface area contributed by atoms with Crippen molar-refractivity contribution in [2.24, 2.45) is 0 Å². The molecule has 5 nitrogen and oxygen atoms in total. The molecule has 166 valence electrons. The SMILES string of the molecule is O=C(C[C@H]1c2ccccc2CCN1S(=O)(=O)c1ccc(Br)cc1)NC1CCCCCC1. The van der Waals surface area contributed by atoms with E-state index in [-0.39, 0.29) is 23.3 Å². The highest BCUT2D eigenvalue weighted by Gasteiger charge is 2.37. The van der Waals surface area contributed by atoms with Crippen LogP contribution in [0.1, 0.15) is 62.1 Å². The Morgan fingerprint density at radius 3 is 2.39 bits per heavy atom. The number of benzene rings is 2. The molecule has 2 aromatic rings. The third kappa shape index (κ3) is 5.21. The summed E-state index contributed by atoms with van der Waals surface area (Å²) in [5.41, 5.74) is 2.06. The van der Waals surface area contributed by atoms with Gasteiger partial charge in [0, 0.05) is 23.5 Å². The van der Waals surface area contributed by atoms with Gasteiger partial charge in [-0.15, -0.1) is 0 Å². The van der Waals surface area contributed by atoms with Crippen molar-refractivity contribution in [3.05, 3.63) is 64.1 Å². The van der Waals surface area contributed by atoms with Crippen LogP contribution in [0.15, 0.2) is 57.9 Å². The Labute approximate surface area is 193 Å². The Bertz CT molecular complexity index is 1020. The molecule has 2 aromatic carbocycles. The zero-order valence-electron chi connectivity index (χ0n) is 17.6. The molecule has 1 amide bonds. The van der Waals surface area contributed by atoms with Crippen LogP contribution >= 0.6 is 15.9 Å². The highest BCUT2D eigenvalue weighted by Crippen LogP contribution is 2.36. The van der Waals surface area contributed by atoms with E-state index in [4.69, 9.17) is 0 Å². The summed E-state index contributed by atoms with van der Waals surface area (Å²) in [6.45, 7) is 0.372. The number of carbonyl (C=O) groups excluding carboxylic acids is 1. The van der Waals surface area contributed by atoms with Crippen LogP contribution in [0.4, 0.5) is 0 Å². The predicted octanol–water partition coefficient (Wildman–Crippen LogP) is 4.97. The molecule has 0 bridgehead atoms. The lowest BCUT2D eigenvalue weighted by Crippen LogP contribution is -2.43. The smallest absolute Gasteiger partial charge is 0.243 e. The second-order valence-electron chi connectivity index (χ2n) is 8.49. The number of hydrogen-bond donors (Lipinski definition) is 1. The fraction of sp³-hybridized carbons (Fsp3) is 0.458. The Balaban J connectivity index is 1.60. The van der Waals surface area contributed by atoms with Crippen molar-refractivity contribution in [1.82, 2.24) is 9.62 Å². The van der Waals surface area contributed by atoms with E-state index in [1.165, 1.54) is 17.1 Å². The molecule has 1 heterocycles. The average molecular weight is 505 g/mol. The highest BCUT2D eigenvalue weighted by atomic mass is 79.9. The summed E-state index contributed by atoms with van der Waals surface area (Å²) >= 11 is 3.37. The number of amides is 1. The van der Waals surface area contributed by atoms with Crippen LogP contribution in [-0.2, 0) is 21.2 Å². The first-order valence-corrected chi connectivity index (χ1v) is 13.3. The van der Waals surface area contributed by atoms with Crippen molar-refractivity contribution in [3.63, 3.8) is 0 Å². The highest BCUT2D eigenvalue weighted by molar-refractivity contribution is 9.10. The van der Waals surface area contributed by atoms with E-state index in [0.29, 0.717) is 13.0 Å². The predicted molar refractivity (Wildman–Crippen MR) is 125 cm³/mol. The molecule has 0 aromatic heterocycles. The molecule has 0 spiro atoms. The fourth-order valence-electron chi connectivity index (χ4n) is 4.76. The normalized spacial score (nSPS) is 20.6. The summed E-state index contributed by atoms with van der Waals surface area (Å²) in [6.07, 6.45) is 7.53. The van der Waals surface area contributed by atoms with E-state index in [1.807, 2.05) is 24.3 Å². The van der Waals surface area contributed by atoms with E-state index in [9.17, 15) is 13.2 Å². The van der Waals surface area contributed by atoms with Gasteiger partial charge in [0.1, 0.15) is 0 Å². The minimum absolute atomic E-state index is 0.0652. The van der Waals surface area contributed by atoms with Crippen LogP contribution in [-0.4, -0.2) is 31.2 Å². The van der Waals surface area contributed by atoms with Gasteiger partial charge in [-0.2, -0.15) is 4.31 Å². The third-order valence-electron chi connectivity index (χ3n) is 6.38. The standard InChI is InChI=1S/C24H29BrN2O3S/c25-19-11-13-21(14-12-19)31(29,30)27-16-15-18-7-5-6-10-22(18)23(27)17-24(28)26-20-8-3-1-2-4-9-20/h5-7,10-14,20,23H,1-4,8-9,15-17H2,(H,26,28)/t23-/m0/s1. The van der Waals surface area contributed by atoms with Crippen molar-refractivity contribution in [1.29, 1.82) is 0 Å². The van der Waals surface area contributed by atoms with Gasteiger partial charge in [0.15, 0.2) is 0 Å². The topological polar surface area (TPSA) is 66.5 Å². The van der Waals surface area contributed by atoms with Gasteiger partial charge in [-0.05, 0) is 54.7 Å². The van der Waals surface area contributed by atoms with E-state index in [0.717, 1.165) is 41.3 Å². The van der Waals surface area contributed by atoms with Gasteiger partial charge in [-0.3, -0.25) is 4.79 Å². The molecule has 2 aliphatic rings. The molecule has 1 saturated carbocycles. The minimum atomic E-state index is -3.72. The quantitative estimate of drug-likeness (QED) is 0.584. The van der Waals surface area contributed by atoms with E-state index in [2.05, 4.69) is 21.2 Å². The molecule has 0 unspecified atom stereocenters. The van der Waals surface area contributed by atoms with Gasteiger partial charge in [-0.1, -0.05) is 65.9 Å². The van der Waals surface area contributed by atoms with Crippen LogP contribution in [0.5, 0.6) is 0 Å². The molecular formula is C24H29BrN2O3S. The van der Waals surface area contributed by atoms with Crippen LogP contribution in [0.3, 0.4) is 0 Å². The maximum absolute atomic E-state index is 13.5. The number of carbonyl (C=O) groups is 1. The van der Waals surface area contributed by atoms with Crippen LogP contribution < -0.4 is 5.32 Å². The molecule has 1 aliphatic heterocycles. The molecule has 0 saturated heterocycles. The summed E-state index contributed by atoms with van der Waals surface area (Å²) in [5.74, 6) is -0.0652. The number of hydrogen-bond acceptors (Lipinski definition) is 3. The number of nitrogens with zero attached hydrogens (tertiary/aromatic N) is 1. The molecular weight excluding hydrogens is 476 g/mol. The lowest BCUT2D eigenvalue weighted by molar-refractivity contribution is -0.122. The van der Waals surface area contributed by atoms with Crippen LogP contribution in [0.25, 0.3) is 0 Å². The van der Waals surface area contributed by atoms with Crippen LogP contribution in [0.2, 0.25) is 0 Å². The van der Waals surface area contributed by atoms with Gasteiger partial charge < -0.3 is 5.32 Å². The number of nitrogens with one attached hydrogen (secondary N) is 1. The lowest BCUT2D eigenvalue weighted by Gasteiger charge is -2.36. The molecule has 1 atom stereocenters. The fourth-order valence-corrected chi connectivity index (χ4v) is 6.63. The monoisotopic (exact) mass is 504 g/mol. The molecule has 1 N–H and O–H groups in total. The second-order valence-corrected chi connectivity index (χ2v) is 11.3. The number of halogens is 1. The van der Waals surface area contributed by atoms with Crippen molar-refractivity contribution >= 4 is 31.9 Å². The van der Waals surface area contributed by atoms with Crippen molar-refractivity contribution < 1.29 is 13.2 Å². The number of sulfonamides is 1. The summed E-state index contributed by atoms with van der Waals surface area (Å²) in [5, 5.41) is 3.19. The average Bonchev–Trinajstić information content (AvgIpc) is 3.02. The largest absolute Gasteiger partial charge is 0.353 e. The van der Waals surface area contributed by atoms with E-state index in [1.54, 1.807) is 24.3 Å². The molecule has 7 heteroatoms. The van der Waals surface area contributed by atoms with Gasteiger partial charge in [0.05, 0.1) is 10.9 Å². The maximum atomic E-state index is 13.5. The van der Waals surface area contributed by atoms with Crippen molar-refractivity contribution in [2.75, 3.05) is 6.54 Å². The lowest BCUT2D eigenvalue weighted by atomic mass is 9.92. The molecule has 4 rings (SSSR count). The van der Waals surface area contributed by atoms with E-state index >= 15 is 0 Å². The second kappa shape index (κ2) is 9.84. The first kappa shape index (κ1) is 22.5. The van der Waals surface area contributed by atoms with Gasteiger partial charge in [-0.25, -0.2) is 8.42 Å². The number of rotatable bonds is 5. The minimum Gasteiger partial charge on any atom is -0.353 e. The van der Waals surface area contributed by atoms with Crippen molar-refractivity contribution in [3.8, 4) is 0 Å². The molecule has 1 fully saturated rings. The summed E-state index contributed by atoms with van der Waals surface area (Å²) in [6, 6.07) is 14.3. The Morgan fingerprint density at radius 2 is 1.68 bits per heavy atom. The summed E-state index contributed by atoms with van der Waals surface area (Å²) in [7, 11) is -3.72. The molecule has 0 radical (unpaired) electrons. The maximum Gasteiger partial charge on any atom is 0.243 e. The third-order valence-corrected chi connectivity index (χ3v) is 8.83. The van der Waals surface area contributed by atoms with Gasteiger partial charge in [0.25, 0.3) is 0 Å². The first-order chi connectivity index (χ1) is 14.9. The zero-order chi connectivity index (χ0) is 21.8. The van der Waals surface area contributed by atoms with Gasteiger partial charge >= 0.3 is 0 Å². The molecule has 31 heavy (non-hydrogen) atoms. The zero-order valence-corrected chi connectivity index (χ0v) is 20.0. The first-order valence-electron chi connectivity index (χ1n) is 11.1. The van der Waals surface area contributed by atoms with E-state index < -0.39 is 16.1 Å². The van der Waals surface area contributed by atoms with Crippen LogP contribution in [0, 0.1) is 0 Å². The molecule has 1 aliphatic carbocycles. The van der Waals surface area contributed by atoms with Crippen molar-refractivity contribution in [2.45, 2.75) is 68.3 Å². The number of fused-ring (bicyclic) bond motifs is 1. The summed E-state index contributed by atoms with van der Waals surface area (Å²) < 4.78 is 29.4. The Morgan fingerprint density at radius 1 is 1.00 bits per heavy atom. The van der Waals surface area contributed by atoms with Gasteiger partial charge in [0.2, 0.25) is 15.9 Å².